The van der Waals surface area contributed by atoms with Gasteiger partial charge in [-0.15, -0.1) is 0 Å². The number of aliphatic hydroxyl groups is 1. The molecule has 0 aliphatic rings. The van der Waals surface area contributed by atoms with E-state index in [-0.39, 0.29) is 6.61 Å². The Balaban J connectivity index is 3.12. The first-order valence-corrected chi connectivity index (χ1v) is 6.39. The van der Waals surface area contributed by atoms with E-state index in [1.165, 1.54) is 12.1 Å². The van der Waals surface area contributed by atoms with Gasteiger partial charge in [0.05, 0.1) is 12.3 Å². The van der Waals surface area contributed by atoms with Gasteiger partial charge < -0.3 is 5.11 Å². The molecular formula is C13H24N2O. The minimum absolute atomic E-state index is 0.116. The van der Waals surface area contributed by atoms with Gasteiger partial charge in [-0.1, -0.05) is 27.2 Å². The number of aliphatic hydroxyl groups excluding tert-OH is 1. The summed E-state index contributed by atoms with van der Waals surface area (Å²) in [6, 6.07) is 0.436. The molecule has 0 spiro atoms. The summed E-state index contributed by atoms with van der Waals surface area (Å²) < 4.78 is 2.12. The average molecular weight is 224 g/mol. The Hall–Kier alpha value is -0.830. The summed E-state index contributed by atoms with van der Waals surface area (Å²) in [7, 11) is 0. The van der Waals surface area contributed by atoms with Gasteiger partial charge in [0.25, 0.3) is 0 Å². The van der Waals surface area contributed by atoms with Crippen molar-refractivity contribution in [2.75, 3.05) is 0 Å². The van der Waals surface area contributed by atoms with Crippen molar-refractivity contribution in [3.8, 4) is 0 Å². The first kappa shape index (κ1) is 13.2. The van der Waals surface area contributed by atoms with E-state index in [0.717, 1.165) is 30.5 Å². The van der Waals surface area contributed by atoms with Crippen LogP contribution in [0.25, 0.3) is 0 Å². The van der Waals surface area contributed by atoms with E-state index in [1.54, 1.807) is 0 Å². The van der Waals surface area contributed by atoms with Gasteiger partial charge in [0.2, 0.25) is 0 Å². The molecule has 0 aliphatic heterocycles. The predicted molar refractivity (Wildman–Crippen MR) is 66.5 cm³/mol. The molecule has 0 fully saturated rings. The van der Waals surface area contributed by atoms with E-state index < -0.39 is 0 Å². The number of aromatic nitrogens is 2. The Labute approximate surface area is 98.5 Å². The normalized spacial score (nSPS) is 13.1. The summed E-state index contributed by atoms with van der Waals surface area (Å²) in [6.45, 7) is 8.74. The summed E-state index contributed by atoms with van der Waals surface area (Å²) in [5, 5.41) is 14.1. The topological polar surface area (TPSA) is 38.0 Å². The second-order valence-electron chi connectivity index (χ2n) is 4.32. The van der Waals surface area contributed by atoms with Crippen molar-refractivity contribution in [1.29, 1.82) is 0 Å². The van der Waals surface area contributed by atoms with Crippen LogP contribution in [0.4, 0.5) is 0 Å². The van der Waals surface area contributed by atoms with Crippen LogP contribution in [-0.4, -0.2) is 14.9 Å². The van der Waals surface area contributed by atoms with Crippen molar-refractivity contribution in [2.24, 2.45) is 0 Å². The Morgan fingerprint density at radius 2 is 1.94 bits per heavy atom. The standard InChI is InChI=1S/C13H24N2O/c1-5-8-10(4)15-13(7-3)11(9-16)12(6-2)14-15/h10,16H,5-9H2,1-4H3. The molecular weight excluding hydrogens is 200 g/mol. The summed E-state index contributed by atoms with van der Waals surface area (Å²) in [5.74, 6) is 0. The third-order valence-electron chi connectivity index (χ3n) is 3.15. The largest absolute Gasteiger partial charge is 0.392 e. The average Bonchev–Trinajstić information content (AvgIpc) is 2.66. The maximum absolute atomic E-state index is 9.43. The molecule has 0 aliphatic carbocycles. The first-order valence-electron chi connectivity index (χ1n) is 6.39. The van der Waals surface area contributed by atoms with Crippen LogP contribution in [0, 0.1) is 0 Å². The van der Waals surface area contributed by atoms with Crippen molar-refractivity contribution in [1.82, 2.24) is 9.78 Å². The minimum Gasteiger partial charge on any atom is -0.392 e. The molecule has 16 heavy (non-hydrogen) atoms. The van der Waals surface area contributed by atoms with Gasteiger partial charge in [-0.3, -0.25) is 4.68 Å². The molecule has 1 atom stereocenters. The second kappa shape index (κ2) is 6.04. The molecule has 0 saturated heterocycles. The lowest BCUT2D eigenvalue weighted by Crippen LogP contribution is -2.10. The summed E-state index contributed by atoms with van der Waals surface area (Å²) >= 11 is 0. The summed E-state index contributed by atoms with van der Waals surface area (Å²) in [5.41, 5.74) is 3.32. The third-order valence-corrected chi connectivity index (χ3v) is 3.15. The van der Waals surface area contributed by atoms with Crippen molar-refractivity contribution >= 4 is 0 Å². The highest BCUT2D eigenvalue weighted by Gasteiger charge is 2.17. The van der Waals surface area contributed by atoms with Crippen LogP contribution in [0.5, 0.6) is 0 Å². The van der Waals surface area contributed by atoms with E-state index in [4.69, 9.17) is 0 Å². The van der Waals surface area contributed by atoms with Gasteiger partial charge in [-0.05, 0) is 26.2 Å². The molecule has 1 rings (SSSR count). The third kappa shape index (κ3) is 2.46. The lowest BCUT2D eigenvalue weighted by molar-refractivity contribution is 0.279. The van der Waals surface area contributed by atoms with Crippen LogP contribution in [0.1, 0.15) is 63.5 Å². The highest BCUT2D eigenvalue weighted by Crippen LogP contribution is 2.22. The quantitative estimate of drug-likeness (QED) is 0.807. The zero-order valence-electron chi connectivity index (χ0n) is 11.0. The molecule has 1 heterocycles. The molecule has 1 aromatic rings. The highest BCUT2D eigenvalue weighted by molar-refractivity contribution is 5.26. The molecule has 1 N–H and O–H groups in total. The fourth-order valence-electron chi connectivity index (χ4n) is 2.30. The number of aryl methyl sites for hydroxylation is 1. The van der Waals surface area contributed by atoms with Gasteiger partial charge in [-0.2, -0.15) is 5.10 Å². The van der Waals surface area contributed by atoms with Crippen LogP contribution in [0.15, 0.2) is 0 Å². The van der Waals surface area contributed by atoms with E-state index in [0.29, 0.717) is 6.04 Å². The summed E-state index contributed by atoms with van der Waals surface area (Å²) in [6.07, 6.45) is 4.15. The molecule has 3 nitrogen and oxygen atoms in total. The molecule has 1 unspecified atom stereocenters. The smallest absolute Gasteiger partial charge is 0.0718 e. The van der Waals surface area contributed by atoms with Crippen LogP contribution >= 0.6 is 0 Å². The predicted octanol–water partition coefficient (Wildman–Crippen LogP) is 2.86. The fraction of sp³-hybridized carbons (Fsp3) is 0.769. The Kier molecular flexibility index (Phi) is 5.00. The van der Waals surface area contributed by atoms with E-state index in [2.05, 4.69) is 37.5 Å². The van der Waals surface area contributed by atoms with E-state index >= 15 is 0 Å². The SMILES string of the molecule is CCCC(C)n1nc(CC)c(CO)c1CC. The Morgan fingerprint density at radius 1 is 1.25 bits per heavy atom. The number of nitrogens with zero attached hydrogens (tertiary/aromatic N) is 2. The van der Waals surface area contributed by atoms with Crippen molar-refractivity contribution in [3.63, 3.8) is 0 Å². The van der Waals surface area contributed by atoms with Gasteiger partial charge in [0, 0.05) is 17.3 Å². The van der Waals surface area contributed by atoms with Crippen molar-refractivity contribution < 1.29 is 5.11 Å². The van der Waals surface area contributed by atoms with Crippen LogP contribution in [0.2, 0.25) is 0 Å². The molecule has 1 aromatic heterocycles. The number of hydrogen-bond donors (Lipinski definition) is 1. The zero-order chi connectivity index (χ0) is 12.1. The summed E-state index contributed by atoms with van der Waals surface area (Å²) in [4.78, 5) is 0. The number of hydrogen-bond acceptors (Lipinski definition) is 2. The van der Waals surface area contributed by atoms with Crippen LogP contribution < -0.4 is 0 Å². The molecule has 0 amide bonds. The van der Waals surface area contributed by atoms with Crippen molar-refractivity contribution in [3.05, 3.63) is 17.0 Å². The Bertz CT molecular complexity index is 331. The highest BCUT2D eigenvalue weighted by atomic mass is 16.3. The van der Waals surface area contributed by atoms with Gasteiger partial charge in [0.15, 0.2) is 0 Å². The number of rotatable bonds is 6. The molecule has 0 radical (unpaired) electrons. The molecule has 0 bridgehead atoms. The molecule has 0 aromatic carbocycles. The van der Waals surface area contributed by atoms with Crippen molar-refractivity contribution in [2.45, 2.75) is 66.0 Å². The fourth-order valence-corrected chi connectivity index (χ4v) is 2.30. The monoisotopic (exact) mass is 224 g/mol. The van der Waals surface area contributed by atoms with Gasteiger partial charge in [0.1, 0.15) is 0 Å². The molecule has 3 heteroatoms. The lowest BCUT2D eigenvalue weighted by atomic mass is 10.1. The second-order valence-corrected chi connectivity index (χ2v) is 4.32. The van der Waals surface area contributed by atoms with E-state index in [1.807, 2.05) is 0 Å². The maximum atomic E-state index is 9.43. The zero-order valence-corrected chi connectivity index (χ0v) is 11.0. The van der Waals surface area contributed by atoms with Gasteiger partial charge in [-0.25, -0.2) is 0 Å². The molecule has 92 valence electrons. The van der Waals surface area contributed by atoms with Crippen LogP contribution in [0.3, 0.4) is 0 Å². The first-order chi connectivity index (χ1) is 7.69. The lowest BCUT2D eigenvalue weighted by Gasteiger charge is -2.14. The van der Waals surface area contributed by atoms with Gasteiger partial charge >= 0.3 is 0 Å². The molecule has 0 saturated carbocycles. The minimum atomic E-state index is 0.116. The van der Waals surface area contributed by atoms with Crippen LogP contribution in [-0.2, 0) is 19.4 Å². The maximum Gasteiger partial charge on any atom is 0.0718 e. The Morgan fingerprint density at radius 3 is 2.38 bits per heavy atom. The van der Waals surface area contributed by atoms with E-state index in [9.17, 15) is 5.11 Å².